The Morgan fingerprint density at radius 3 is 3.00 bits per heavy atom. The minimum atomic E-state index is -0.490. The summed E-state index contributed by atoms with van der Waals surface area (Å²) in [6, 6.07) is 0. The first-order chi connectivity index (χ1) is 8.27. The van der Waals surface area contributed by atoms with Gasteiger partial charge in [0.25, 0.3) is 0 Å². The molecule has 6 heteroatoms. The number of nitrogens with zero attached hydrogens (tertiary/aromatic N) is 2. The molecule has 1 N–H and O–H groups in total. The number of anilines is 1. The molecule has 0 spiro atoms. The van der Waals surface area contributed by atoms with Crippen molar-refractivity contribution in [3.8, 4) is 0 Å². The van der Waals surface area contributed by atoms with E-state index in [0.717, 1.165) is 19.6 Å². The second-order valence-corrected chi connectivity index (χ2v) is 3.26. The lowest BCUT2D eigenvalue weighted by Gasteiger charge is -2.06. The summed E-state index contributed by atoms with van der Waals surface area (Å²) in [6.45, 7) is 4.10. The van der Waals surface area contributed by atoms with E-state index in [2.05, 4.69) is 20.0 Å². The van der Waals surface area contributed by atoms with Crippen molar-refractivity contribution in [1.29, 1.82) is 0 Å². The molecule has 0 unspecified atom stereocenters. The van der Waals surface area contributed by atoms with Gasteiger partial charge in [0.15, 0.2) is 5.69 Å². The molecule has 0 aliphatic rings. The van der Waals surface area contributed by atoms with Gasteiger partial charge >= 0.3 is 5.97 Å². The van der Waals surface area contributed by atoms with Crippen molar-refractivity contribution in [1.82, 2.24) is 9.97 Å². The molecule has 0 saturated carbocycles. The first-order valence-electron chi connectivity index (χ1n) is 5.50. The minimum absolute atomic E-state index is 0.197. The average molecular weight is 239 g/mol. The highest BCUT2D eigenvalue weighted by molar-refractivity contribution is 5.87. The Labute approximate surface area is 100 Å². The van der Waals surface area contributed by atoms with Crippen molar-refractivity contribution in [2.24, 2.45) is 0 Å². The Hall–Kier alpha value is -1.69. The van der Waals surface area contributed by atoms with Gasteiger partial charge in [0.2, 0.25) is 0 Å². The van der Waals surface area contributed by atoms with Crippen molar-refractivity contribution in [2.75, 3.05) is 32.2 Å². The molecule has 0 fully saturated rings. The molecular weight excluding hydrogens is 222 g/mol. The Morgan fingerprint density at radius 2 is 2.29 bits per heavy atom. The highest BCUT2D eigenvalue weighted by atomic mass is 16.5. The van der Waals surface area contributed by atoms with Crippen molar-refractivity contribution < 1.29 is 14.3 Å². The van der Waals surface area contributed by atoms with Crippen molar-refractivity contribution >= 4 is 11.8 Å². The fourth-order valence-corrected chi connectivity index (χ4v) is 1.19. The number of hydrogen-bond acceptors (Lipinski definition) is 6. The SMILES string of the molecule is CCOCCCNc1cncc(C(=O)OC)n1. The standard InChI is InChI=1S/C11H17N3O3/c1-3-17-6-4-5-13-10-8-12-7-9(14-10)11(15)16-2/h7-8H,3-6H2,1-2H3,(H,13,14). The van der Waals surface area contributed by atoms with E-state index in [1.54, 1.807) is 6.20 Å². The third-order valence-electron chi connectivity index (χ3n) is 2.00. The second kappa shape index (κ2) is 7.56. The van der Waals surface area contributed by atoms with Crippen LogP contribution >= 0.6 is 0 Å². The van der Waals surface area contributed by atoms with Crippen LogP contribution in [0.1, 0.15) is 23.8 Å². The molecule has 0 aliphatic carbocycles. The zero-order valence-corrected chi connectivity index (χ0v) is 10.1. The molecule has 94 valence electrons. The van der Waals surface area contributed by atoms with E-state index in [1.165, 1.54) is 13.3 Å². The molecule has 0 saturated heterocycles. The van der Waals surface area contributed by atoms with Crippen LogP contribution in [0.15, 0.2) is 12.4 Å². The maximum Gasteiger partial charge on any atom is 0.358 e. The van der Waals surface area contributed by atoms with Gasteiger partial charge < -0.3 is 14.8 Å². The molecule has 1 aromatic heterocycles. The van der Waals surface area contributed by atoms with Gasteiger partial charge in [0.05, 0.1) is 19.5 Å². The Morgan fingerprint density at radius 1 is 1.47 bits per heavy atom. The maximum absolute atomic E-state index is 11.2. The molecule has 0 aromatic carbocycles. The highest BCUT2D eigenvalue weighted by Gasteiger charge is 2.07. The normalized spacial score (nSPS) is 10.0. The summed E-state index contributed by atoms with van der Waals surface area (Å²) < 4.78 is 9.76. The molecule has 0 atom stereocenters. The zero-order chi connectivity index (χ0) is 12.5. The fraction of sp³-hybridized carbons (Fsp3) is 0.545. The summed E-state index contributed by atoms with van der Waals surface area (Å²) >= 11 is 0. The summed E-state index contributed by atoms with van der Waals surface area (Å²) in [5.41, 5.74) is 0.197. The molecule has 17 heavy (non-hydrogen) atoms. The van der Waals surface area contributed by atoms with Crippen LogP contribution < -0.4 is 5.32 Å². The summed E-state index contributed by atoms with van der Waals surface area (Å²) in [5, 5.41) is 3.06. The number of hydrogen-bond donors (Lipinski definition) is 1. The molecular formula is C11H17N3O3. The Kier molecular flexibility index (Phi) is 5.95. The average Bonchev–Trinajstić information content (AvgIpc) is 2.38. The van der Waals surface area contributed by atoms with E-state index in [4.69, 9.17) is 4.74 Å². The van der Waals surface area contributed by atoms with Gasteiger partial charge in [-0.2, -0.15) is 0 Å². The number of esters is 1. The van der Waals surface area contributed by atoms with Crippen LogP contribution in [0.4, 0.5) is 5.82 Å². The predicted molar refractivity (Wildman–Crippen MR) is 63.0 cm³/mol. The molecule has 0 radical (unpaired) electrons. The molecule has 6 nitrogen and oxygen atoms in total. The van der Waals surface area contributed by atoms with Crippen molar-refractivity contribution in [3.63, 3.8) is 0 Å². The van der Waals surface area contributed by atoms with Gasteiger partial charge in [-0.1, -0.05) is 0 Å². The van der Waals surface area contributed by atoms with Gasteiger partial charge in [0, 0.05) is 19.8 Å². The van der Waals surface area contributed by atoms with Crippen LogP contribution in [0.25, 0.3) is 0 Å². The number of ether oxygens (including phenoxy) is 2. The van der Waals surface area contributed by atoms with Crippen molar-refractivity contribution in [3.05, 3.63) is 18.1 Å². The number of carbonyl (C=O) groups excluding carboxylic acids is 1. The molecule has 1 aromatic rings. The van der Waals surface area contributed by atoms with Crippen LogP contribution in [-0.2, 0) is 9.47 Å². The minimum Gasteiger partial charge on any atom is -0.464 e. The van der Waals surface area contributed by atoms with Crippen LogP contribution in [0.5, 0.6) is 0 Å². The van der Waals surface area contributed by atoms with E-state index in [9.17, 15) is 4.79 Å². The number of methoxy groups -OCH3 is 1. The van der Waals surface area contributed by atoms with Gasteiger partial charge in [-0.15, -0.1) is 0 Å². The first-order valence-corrected chi connectivity index (χ1v) is 5.50. The first kappa shape index (κ1) is 13.4. The molecule has 0 aliphatic heterocycles. The maximum atomic E-state index is 11.2. The van der Waals surface area contributed by atoms with Crippen molar-refractivity contribution in [2.45, 2.75) is 13.3 Å². The molecule has 1 heterocycles. The lowest BCUT2D eigenvalue weighted by Crippen LogP contribution is -2.10. The number of aromatic nitrogens is 2. The number of rotatable bonds is 7. The predicted octanol–water partition coefficient (Wildman–Crippen LogP) is 1.10. The largest absolute Gasteiger partial charge is 0.464 e. The Balaban J connectivity index is 2.40. The number of carbonyl (C=O) groups is 1. The van der Waals surface area contributed by atoms with Gasteiger partial charge in [-0.3, -0.25) is 4.98 Å². The summed E-state index contributed by atoms with van der Waals surface area (Å²) in [7, 11) is 1.31. The molecule has 0 bridgehead atoms. The Bertz CT molecular complexity index is 358. The van der Waals surface area contributed by atoms with E-state index in [0.29, 0.717) is 12.4 Å². The van der Waals surface area contributed by atoms with Gasteiger partial charge in [0.1, 0.15) is 5.82 Å². The lowest BCUT2D eigenvalue weighted by molar-refractivity contribution is 0.0593. The lowest BCUT2D eigenvalue weighted by atomic mass is 10.4. The number of nitrogens with one attached hydrogen (secondary N) is 1. The van der Waals surface area contributed by atoms with Crippen LogP contribution in [0.2, 0.25) is 0 Å². The molecule has 1 rings (SSSR count). The summed E-state index contributed by atoms with van der Waals surface area (Å²) in [4.78, 5) is 19.2. The third-order valence-corrected chi connectivity index (χ3v) is 2.00. The third kappa shape index (κ3) is 4.78. The van der Waals surface area contributed by atoms with E-state index >= 15 is 0 Å². The van der Waals surface area contributed by atoms with Gasteiger partial charge in [-0.25, -0.2) is 9.78 Å². The smallest absolute Gasteiger partial charge is 0.358 e. The van der Waals surface area contributed by atoms with E-state index < -0.39 is 5.97 Å². The monoisotopic (exact) mass is 239 g/mol. The topological polar surface area (TPSA) is 73.3 Å². The van der Waals surface area contributed by atoms with E-state index in [-0.39, 0.29) is 5.69 Å². The fourth-order valence-electron chi connectivity index (χ4n) is 1.19. The zero-order valence-electron chi connectivity index (χ0n) is 10.1. The second-order valence-electron chi connectivity index (χ2n) is 3.26. The van der Waals surface area contributed by atoms with Gasteiger partial charge in [-0.05, 0) is 13.3 Å². The summed E-state index contributed by atoms with van der Waals surface area (Å²) in [5.74, 6) is 0.0693. The molecule has 0 amide bonds. The van der Waals surface area contributed by atoms with Crippen LogP contribution in [-0.4, -0.2) is 42.8 Å². The summed E-state index contributed by atoms with van der Waals surface area (Å²) in [6.07, 6.45) is 3.81. The highest BCUT2D eigenvalue weighted by Crippen LogP contribution is 2.03. The van der Waals surface area contributed by atoms with Crippen LogP contribution in [0.3, 0.4) is 0 Å². The quantitative estimate of drug-likeness (QED) is 0.567. The van der Waals surface area contributed by atoms with E-state index in [1.807, 2.05) is 6.92 Å². The van der Waals surface area contributed by atoms with Crippen LogP contribution in [0, 0.1) is 0 Å².